The number of aliphatic hydroxyl groups excluding tert-OH is 1. The van der Waals surface area contributed by atoms with Crippen LogP contribution < -0.4 is 9.47 Å². The van der Waals surface area contributed by atoms with E-state index in [1.165, 1.54) is 0 Å². The number of benzene rings is 2. The smallest absolute Gasteiger partial charge is 0.295 e. The van der Waals surface area contributed by atoms with E-state index in [0.29, 0.717) is 50.0 Å². The molecule has 0 aromatic heterocycles. The number of morpholine rings is 1. The Morgan fingerprint density at radius 3 is 2.25 bits per heavy atom. The molecule has 2 saturated heterocycles. The van der Waals surface area contributed by atoms with Crippen LogP contribution in [0.4, 0.5) is 0 Å². The second-order valence-electron chi connectivity index (χ2n) is 9.14. The highest BCUT2D eigenvalue weighted by Gasteiger charge is 2.46. The summed E-state index contributed by atoms with van der Waals surface area (Å²) in [4.78, 5) is 30.2. The maximum absolute atomic E-state index is 13.3. The van der Waals surface area contributed by atoms with Crippen molar-refractivity contribution in [1.29, 1.82) is 0 Å². The molecule has 0 bridgehead atoms. The van der Waals surface area contributed by atoms with Gasteiger partial charge in [-0.2, -0.15) is 0 Å². The number of Topliss-reactive ketones (excluding diaryl/α,β-unsaturated/α-hetero) is 1. The fourth-order valence-corrected chi connectivity index (χ4v) is 4.56. The van der Waals surface area contributed by atoms with E-state index in [9.17, 15) is 14.7 Å². The van der Waals surface area contributed by atoms with Crippen molar-refractivity contribution in [2.75, 3.05) is 46.0 Å². The van der Waals surface area contributed by atoms with Crippen molar-refractivity contribution in [3.63, 3.8) is 0 Å². The number of ketones is 1. The Labute approximate surface area is 212 Å². The second kappa shape index (κ2) is 11.6. The lowest BCUT2D eigenvalue weighted by Crippen LogP contribution is -2.42. The minimum Gasteiger partial charge on any atom is -0.507 e. The Morgan fingerprint density at radius 2 is 1.64 bits per heavy atom. The number of amides is 1. The van der Waals surface area contributed by atoms with Crippen LogP contribution in [0.25, 0.3) is 5.76 Å². The highest BCUT2D eigenvalue weighted by Crippen LogP contribution is 2.40. The van der Waals surface area contributed by atoms with Gasteiger partial charge in [0.25, 0.3) is 11.7 Å². The van der Waals surface area contributed by atoms with Crippen LogP contribution in [0, 0.1) is 0 Å². The first-order valence-corrected chi connectivity index (χ1v) is 12.5. The van der Waals surface area contributed by atoms with E-state index in [1.54, 1.807) is 29.2 Å². The monoisotopic (exact) mass is 494 g/mol. The number of rotatable bonds is 9. The molecular weight excluding hydrogens is 460 g/mol. The molecule has 1 atom stereocenters. The molecule has 1 amide bonds. The number of carbonyl (C=O) groups is 2. The third-order valence-electron chi connectivity index (χ3n) is 6.31. The van der Waals surface area contributed by atoms with Gasteiger partial charge in [0.05, 0.1) is 37.5 Å². The summed E-state index contributed by atoms with van der Waals surface area (Å²) in [7, 11) is 0. The maximum Gasteiger partial charge on any atom is 0.295 e. The summed E-state index contributed by atoms with van der Waals surface area (Å²) in [6.45, 7) is 10.2. The Hall–Kier alpha value is -3.36. The molecule has 0 spiro atoms. The van der Waals surface area contributed by atoms with Crippen LogP contribution >= 0.6 is 0 Å². The minimum atomic E-state index is -0.701. The number of hydrogen-bond acceptors (Lipinski definition) is 7. The first-order valence-electron chi connectivity index (χ1n) is 12.5. The number of carbonyl (C=O) groups excluding carboxylic acids is 2. The fourth-order valence-electron chi connectivity index (χ4n) is 4.56. The largest absolute Gasteiger partial charge is 0.507 e. The molecule has 36 heavy (non-hydrogen) atoms. The summed E-state index contributed by atoms with van der Waals surface area (Å²) >= 11 is 0. The van der Waals surface area contributed by atoms with E-state index >= 15 is 0 Å². The van der Waals surface area contributed by atoms with Gasteiger partial charge in [-0.1, -0.05) is 12.1 Å². The molecule has 8 nitrogen and oxygen atoms in total. The van der Waals surface area contributed by atoms with Gasteiger partial charge < -0.3 is 24.2 Å². The zero-order valence-corrected chi connectivity index (χ0v) is 21.1. The third kappa shape index (κ3) is 5.71. The number of nitrogens with zero attached hydrogens (tertiary/aromatic N) is 2. The first kappa shape index (κ1) is 25.7. The summed E-state index contributed by atoms with van der Waals surface area (Å²) in [5.74, 6) is -0.126. The molecular formula is C28H34N2O6. The van der Waals surface area contributed by atoms with Crippen LogP contribution in [-0.2, 0) is 14.3 Å². The molecule has 2 aliphatic rings. The molecule has 2 heterocycles. The summed E-state index contributed by atoms with van der Waals surface area (Å²) in [5.41, 5.74) is 1.28. The van der Waals surface area contributed by atoms with Crippen LogP contribution in [0.5, 0.6) is 11.5 Å². The second-order valence-corrected chi connectivity index (χ2v) is 9.14. The lowest BCUT2D eigenvalue weighted by molar-refractivity contribution is -0.140. The number of hydrogen-bond donors (Lipinski definition) is 1. The highest BCUT2D eigenvalue weighted by molar-refractivity contribution is 6.46. The van der Waals surface area contributed by atoms with Gasteiger partial charge in [-0.3, -0.25) is 14.5 Å². The quantitative estimate of drug-likeness (QED) is 0.324. The SMILES string of the molecule is CCOc1ccc([C@H]2C(=C(O)c3ccc(OC(C)C)cc3)C(=O)C(=O)N2CCN2CCOCC2)cc1. The molecule has 2 fully saturated rings. The molecule has 4 rings (SSSR count). The Bertz CT molecular complexity index is 1090. The third-order valence-corrected chi connectivity index (χ3v) is 6.31. The van der Waals surface area contributed by atoms with Gasteiger partial charge in [-0.05, 0) is 62.7 Å². The van der Waals surface area contributed by atoms with E-state index in [2.05, 4.69) is 4.90 Å². The summed E-state index contributed by atoms with van der Waals surface area (Å²) < 4.78 is 16.7. The van der Waals surface area contributed by atoms with Gasteiger partial charge in [-0.25, -0.2) is 0 Å². The average molecular weight is 495 g/mol. The first-order chi connectivity index (χ1) is 17.4. The molecule has 1 N–H and O–H groups in total. The summed E-state index contributed by atoms with van der Waals surface area (Å²) in [6.07, 6.45) is 0.0147. The number of likely N-dealkylation sites (tertiary alicyclic amines) is 1. The van der Waals surface area contributed by atoms with Crippen molar-refractivity contribution in [3.05, 3.63) is 65.2 Å². The van der Waals surface area contributed by atoms with Crippen molar-refractivity contribution in [2.45, 2.75) is 32.9 Å². The van der Waals surface area contributed by atoms with Crippen LogP contribution in [0.2, 0.25) is 0 Å². The van der Waals surface area contributed by atoms with Crippen molar-refractivity contribution < 1.29 is 28.9 Å². The molecule has 0 aliphatic carbocycles. The lowest BCUT2D eigenvalue weighted by Gasteiger charge is -2.31. The molecule has 0 saturated carbocycles. The zero-order chi connectivity index (χ0) is 25.7. The predicted octanol–water partition coefficient (Wildman–Crippen LogP) is 3.63. The van der Waals surface area contributed by atoms with E-state index in [4.69, 9.17) is 14.2 Å². The standard InChI is InChI=1S/C28H34N2O6/c1-4-35-22-9-5-20(6-10-22)25-24(26(31)21-7-11-23(12-8-21)36-19(2)3)27(32)28(33)30(25)14-13-29-15-17-34-18-16-29/h5-12,19,25,31H,4,13-18H2,1-3H3/t25-/m0/s1. The van der Waals surface area contributed by atoms with Gasteiger partial charge in [0.2, 0.25) is 0 Å². The van der Waals surface area contributed by atoms with Gasteiger partial charge in [0.15, 0.2) is 0 Å². The Kier molecular flexibility index (Phi) is 8.28. The molecule has 192 valence electrons. The van der Waals surface area contributed by atoms with Crippen LogP contribution in [0.1, 0.15) is 37.9 Å². The van der Waals surface area contributed by atoms with Gasteiger partial charge >= 0.3 is 0 Å². The van der Waals surface area contributed by atoms with Crippen LogP contribution in [0.15, 0.2) is 54.1 Å². The maximum atomic E-state index is 13.3. The Balaban J connectivity index is 1.69. The van der Waals surface area contributed by atoms with Gasteiger partial charge in [0, 0.05) is 31.7 Å². The summed E-state index contributed by atoms with van der Waals surface area (Å²) in [5, 5.41) is 11.3. The van der Waals surface area contributed by atoms with Crippen LogP contribution in [0.3, 0.4) is 0 Å². The van der Waals surface area contributed by atoms with Crippen molar-refractivity contribution >= 4 is 17.4 Å². The fraction of sp³-hybridized carbons (Fsp3) is 0.429. The zero-order valence-electron chi connectivity index (χ0n) is 21.1. The molecule has 2 aromatic carbocycles. The van der Waals surface area contributed by atoms with Crippen molar-refractivity contribution in [1.82, 2.24) is 9.80 Å². The average Bonchev–Trinajstić information content (AvgIpc) is 3.13. The van der Waals surface area contributed by atoms with Crippen molar-refractivity contribution in [3.8, 4) is 11.5 Å². The molecule has 8 heteroatoms. The lowest BCUT2D eigenvalue weighted by atomic mass is 9.95. The number of ether oxygens (including phenoxy) is 3. The van der Waals surface area contributed by atoms with Gasteiger partial charge in [-0.15, -0.1) is 0 Å². The molecule has 0 unspecified atom stereocenters. The molecule has 2 aliphatic heterocycles. The predicted molar refractivity (Wildman–Crippen MR) is 136 cm³/mol. The topological polar surface area (TPSA) is 88.5 Å². The van der Waals surface area contributed by atoms with Gasteiger partial charge in [0.1, 0.15) is 17.3 Å². The van der Waals surface area contributed by atoms with E-state index < -0.39 is 17.7 Å². The molecule has 2 aromatic rings. The van der Waals surface area contributed by atoms with E-state index in [1.807, 2.05) is 45.0 Å². The van der Waals surface area contributed by atoms with Crippen LogP contribution in [-0.4, -0.2) is 78.7 Å². The normalized spacial score (nSPS) is 20.2. The van der Waals surface area contributed by atoms with E-state index in [0.717, 1.165) is 18.7 Å². The Morgan fingerprint density at radius 1 is 1.00 bits per heavy atom. The van der Waals surface area contributed by atoms with E-state index in [-0.39, 0.29) is 17.4 Å². The van der Waals surface area contributed by atoms with Crippen molar-refractivity contribution in [2.24, 2.45) is 0 Å². The number of aliphatic hydroxyl groups is 1. The minimum absolute atomic E-state index is 0.0147. The molecule has 0 radical (unpaired) electrons. The summed E-state index contributed by atoms with van der Waals surface area (Å²) in [6, 6.07) is 13.5. The highest BCUT2D eigenvalue weighted by atomic mass is 16.5.